The van der Waals surface area contributed by atoms with Crippen LogP contribution in [-0.2, 0) is 0 Å². The predicted octanol–water partition coefficient (Wildman–Crippen LogP) is 4.35. The number of halogens is 1. The molecule has 9 heteroatoms. The largest absolute Gasteiger partial charge is 0.494 e. The van der Waals surface area contributed by atoms with Crippen molar-refractivity contribution in [3.63, 3.8) is 0 Å². The highest BCUT2D eigenvalue weighted by molar-refractivity contribution is 7.13. The molecule has 166 valence electrons. The van der Waals surface area contributed by atoms with E-state index >= 15 is 0 Å². The highest BCUT2D eigenvalue weighted by Crippen LogP contribution is 2.31. The third kappa shape index (κ3) is 4.94. The quantitative estimate of drug-likeness (QED) is 0.599. The average Bonchev–Trinajstić information content (AvgIpc) is 3.32. The van der Waals surface area contributed by atoms with Gasteiger partial charge in [-0.05, 0) is 56.2 Å². The number of anilines is 1. The van der Waals surface area contributed by atoms with E-state index in [-0.39, 0.29) is 22.5 Å². The van der Waals surface area contributed by atoms with E-state index in [1.807, 2.05) is 11.8 Å². The molecule has 1 N–H and O–H groups in total. The molecule has 1 aliphatic heterocycles. The Labute approximate surface area is 189 Å². The summed E-state index contributed by atoms with van der Waals surface area (Å²) < 4.78 is 19.2. The number of hydrogen-bond donors (Lipinski definition) is 1. The third-order valence-electron chi connectivity index (χ3n) is 5.30. The van der Waals surface area contributed by atoms with E-state index in [9.17, 15) is 14.0 Å². The van der Waals surface area contributed by atoms with Gasteiger partial charge in [0.1, 0.15) is 16.6 Å². The first kappa shape index (κ1) is 21.9. The first-order valence-electron chi connectivity index (χ1n) is 10.5. The highest BCUT2D eigenvalue weighted by Gasteiger charge is 2.27. The first-order valence-corrected chi connectivity index (χ1v) is 11.3. The maximum atomic E-state index is 13.8. The van der Waals surface area contributed by atoms with E-state index in [4.69, 9.17) is 4.74 Å². The summed E-state index contributed by atoms with van der Waals surface area (Å²) in [6, 6.07) is 13.1. The van der Waals surface area contributed by atoms with E-state index < -0.39 is 11.7 Å². The molecule has 0 unspecified atom stereocenters. The number of rotatable bonds is 6. The van der Waals surface area contributed by atoms with E-state index in [0.717, 1.165) is 23.6 Å². The van der Waals surface area contributed by atoms with Crippen LogP contribution < -0.4 is 10.1 Å². The molecule has 0 bridgehead atoms. The number of aromatic nitrogens is 2. The van der Waals surface area contributed by atoms with E-state index in [1.165, 1.54) is 23.5 Å². The SMILES string of the molecule is CCOc1ccc(C(=O)N2CCC(c3nnc(C(=O)Nc4ccccc4F)s3)CC2)cc1. The van der Waals surface area contributed by atoms with Crippen LogP contribution in [0.3, 0.4) is 0 Å². The summed E-state index contributed by atoms with van der Waals surface area (Å²) in [6.45, 7) is 3.71. The number of carbonyl (C=O) groups is 2. The van der Waals surface area contributed by atoms with Crippen molar-refractivity contribution in [1.82, 2.24) is 15.1 Å². The summed E-state index contributed by atoms with van der Waals surface area (Å²) in [5.41, 5.74) is 0.741. The van der Waals surface area contributed by atoms with Crippen molar-refractivity contribution in [2.24, 2.45) is 0 Å². The predicted molar refractivity (Wildman–Crippen MR) is 120 cm³/mol. The fraction of sp³-hybridized carbons (Fsp3) is 0.304. The number of ether oxygens (including phenoxy) is 1. The van der Waals surface area contributed by atoms with Gasteiger partial charge in [0, 0.05) is 24.6 Å². The zero-order valence-corrected chi connectivity index (χ0v) is 18.4. The van der Waals surface area contributed by atoms with E-state index in [2.05, 4.69) is 15.5 Å². The fourth-order valence-electron chi connectivity index (χ4n) is 3.60. The molecule has 1 aromatic heterocycles. The van der Waals surface area contributed by atoms with Crippen molar-refractivity contribution in [2.75, 3.05) is 25.0 Å². The Kier molecular flexibility index (Phi) is 6.75. The standard InChI is InChI=1S/C23H23FN4O3S/c1-2-31-17-9-7-16(8-10-17)23(30)28-13-11-15(12-14-28)21-26-27-22(32-21)20(29)25-19-6-4-3-5-18(19)24/h3-10,15H,2,11-14H2,1H3,(H,25,29). The minimum absolute atomic E-state index is 0.00582. The summed E-state index contributed by atoms with van der Waals surface area (Å²) in [6.07, 6.45) is 1.48. The number of likely N-dealkylation sites (tertiary alicyclic amines) is 1. The third-order valence-corrected chi connectivity index (χ3v) is 6.39. The monoisotopic (exact) mass is 454 g/mol. The van der Waals surface area contributed by atoms with Crippen molar-refractivity contribution in [3.8, 4) is 5.75 Å². The Balaban J connectivity index is 1.33. The van der Waals surface area contributed by atoms with Gasteiger partial charge in [0.05, 0.1) is 12.3 Å². The molecule has 0 atom stereocenters. The molecule has 0 saturated carbocycles. The van der Waals surface area contributed by atoms with Crippen LogP contribution in [0.1, 0.15) is 50.9 Å². The minimum atomic E-state index is -0.504. The molecular formula is C23H23FN4O3S. The van der Waals surface area contributed by atoms with Gasteiger partial charge < -0.3 is 15.0 Å². The van der Waals surface area contributed by atoms with Crippen LogP contribution in [0.25, 0.3) is 0 Å². The van der Waals surface area contributed by atoms with Crippen molar-refractivity contribution >= 4 is 28.8 Å². The van der Waals surface area contributed by atoms with Crippen LogP contribution >= 0.6 is 11.3 Å². The van der Waals surface area contributed by atoms with Crippen LogP contribution in [0, 0.1) is 5.82 Å². The maximum absolute atomic E-state index is 13.8. The molecule has 32 heavy (non-hydrogen) atoms. The number of piperidine rings is 1. The molecule has 0 spiro atoms. The molecular weight excluding hydrogens is 431 g/mol. The second-order valence-electron chi connectivity index (χ2n) is 7.40. The van der Waals surface area contributed by atoms with Crippen molar-refractivity contribution < 1.29 is 18.7 Å². The number of nitrogens with one attached hydrogen (secondary N) is 1. The van der Waals surface area contributed by atoms with Gasteiger partial charge in [-0.25, -0.2) is 4.39 Å². The van der Waals surface area contributed by atoms with Gasteiger partial charge in [-0.15, -0.1) is 10.2 Å². The number of hydrogen-bond acceptors (Lipinski definition) is 6. The number of amides is 2. The lowest BCUT2D eigenvalue weighted by atomic mass is 9.97. The lowest BCUT2D eigenvalue weighted by molar-refractivity contribution is 0.0712. The zero-order valence-electron chi connectivity index (χ0n) is 17.6. The fourth-order valence-corrected chi connectivity index (χ4v) is 4.51. The Bertz CT molecular complexity index is 1090. The summed E-state index contributed by atoms with van der Waals surface area (Å²) in [5, 5.41) is 11.6. The second kappa shape index (κ2) is 9.86. The molecule has 1 saturated heterocycles. The van der Waals surface area contributed by atoms with Crippen molar-refractivity contribution in [3.05, 3.63) is 69.9 Å². The molecule has 2 amide bonds. The van der Waals surface area contributed by atoms with Gasteiger partial charge in [0.15, 0.2) is 0 Å². The number of carbonyl (C=O) groups excluding carboxylic acids is 2. The van der Waals surface area contributed by atoms with Gasteiger partial charge in [0.25, 0.3) is 11.8 Å². The number of para-hydroxylation sites is 1. The van der Waals surface area contributed by atoms with Gasteiger partial charge in [-0.3, -0.25) is 9.59 Å². The van der Waals surface area contributed by atoms with Gasteiger partial charge in [-0.1, -0.05) is 23.5 Å². The Morgan fingerprint density at radius 3 is 2.53 bits per heavy atom. The van der Waals surface area contributed by atoms with Crippen LogP contribution in [-0.4, -0.2) is 46.6 Å². The Morgan fingerprint density at radius 2 is 1.84 bits per heavy atom. The van der Waals surface area contributed by atoms with Crippen molar-refractivity contribution in [1.29, 1.82) is 0 Å². The zero-order chi connectivity index (χ0) is 22.5. The first-order chi connectivity index (χ1) is 15.5. The molecule has 2 heterocycles. The molecule has 4 rings (SSSR count). The lowest BCUT2D eigenvalue weighted by Crippen LogP contribution is -2.37. The normalized spacial score (nSPS) is 14.2. The van der Waals surface area contributed by atoms with Gasteiger partial charge >= 0.3 is 0 Å². The summed E-state index contributed by atoms with van der Waals surface area (Å²) >= 11 is 1.21. The molecule has 3 aromatic rings. The summed E-state index contributed by atoms with van der Waals surface area (Å²) in [7, 11) is 0. The topological polar surface area (TPSA) is 84.4 Å². The summed E-state index contributed by atoms with van der Waals surface area (Å²) in [4.78, 5) is 27.0. The Hall–Kier alpha value is -3.33. The molecule has 7 nitrogen and oxygen atoms in total. The maximum Gasteiger partial charge on any atom is 0.286 e. The van der Waals surface area contributed by atoms with Crippen LogP contribution in [0.15, 0.2) is 48.5 Å². The molecule has 0 aliphatic carbocycles. The molecule has 2 aromatic carbocycles. The van der Waals surface area contributed by atoms with Crippen LogP contribution in [0.5, 0.6) is 5.75 Å². The smallest absolute Gasteiger partial charge is 0.286 e. The second-order valence-corrected chi connectivity index (χ2v) is 8.41. The minimum Gasteiger partial charge on any atom is -0.494 e. The lowest BCUT2D eigenvalue weighted by Gasteiger charge is -2.31. The van der Waals surface area contributed by atoms with Gasteiger partial charge in [-0.2, -0.15) is 0 Å². The van der Waals surface area contributed by atoms with Crippen molar-refractivity contribution in [2.45, 2.75) is 25.7 Å². The molecule has 0 radical (unpaired) electrons. The van der Waals surface area contributed by atoms with E-state index in [1.54, 1.807) is 36.4 Å². The number of nitrogens with zero attached hydrogens (tertiary/aromatic N) is 3. The highest BCUT2D eigenvalue weighted by atomic mass is 32.1. The number of benzene rings is 2. The molecule has 1 aliphatic rings. The van der Waals surface area contributed by atoms with Crippen LogP contribution in [0.4, 0.5) is 10.1 Å². The van der Waals surface area contributed by atoms with E-state index in [0.29, 0.717) is 25.3 Å². The van der Waals surface area contributed by atoms with Crippen LogP contribution in [0.2, 0.25) is 0 Å². The van der Waals surface area contributed by atoms with Gasteiger partial charge in [0.2, 0.25) is 5.01 Å². The summed E-state index contributed by atoms with van der Waals surface area (Å²) in [5.74, 6) is -0.119. The molecule has 1 fully saturated rings. The average molecular weight is 455 g/mol. The Morgan fingerprint density at radius 1 is 1.12 bits per heavy atom.